The molecule has 116 valence electrons. The van der Waals surface area contributed by atoms with E-state index in [4.69, 9.17) is 4.74 Å². The summed E-state index contributed by atoms with van der Waals surface area (Å²) in [4.78, 5) is 0. The van der Waals surface area contributed by atoms with Crippen LogP contribution >= 0.6 is 0 Å². The summed E-state index contributed by atoms with van der Waals surface area (Å²) in [5, 5.41) is 0. The van der Waals surface area contributed by atoms with Crippen molar-refractivity contribution in [2.24, 2.45) is 5.92 Å². The van der Waals surface area contributed by atoms with Gasteiger partial charge in [0.2, 0.25) is 0 Å². The molecule has 2 rings (SSSR count). The van der Waals surface area contributed by atoms with Crippen LogP contribution in [-0.2, 0) is 0 Å². The molecule has 1 aromatic rings. The van der Waals surface area contributed by atoms with E-state index in [1.54, 1.807) is 0 Å². The summed E-state index contributed by atoms with van der Waals surface area (Å²) in [6, 6.07) is 7.86. The zero-order chi connectivity index (χ0) is 15.1. The van der Waals surface area contributed by atoms with Gasteiger partial charge in [0.15, 0.2) is 0 Å². The van der Waals surface area contributed by atoms with E-state index >= 15 is 0 Å². The maximum atomic E-state index is 12.0. The molecule has 21 heavy (non-hydrogen) atoms. The maximum Gasteiger partial charge on any atom is 0.260 e. The molecule has 0 bridgehead atoms. The first kappa shape index (κ1) is 16.0. The molecule has 0 spiro atoms. The van der Waals surface area contributed by atoms with Gasteiger partial charge in [-0.25, -0.2) is 8.78 Å². The molecule has 1 aliphatic rings. The van der Waals surface area contributed by atoms with Gasteiger partial charge in [-0.2, -0.15) is 0 Å². The Morgan fingerprint density at radius 3 is 2.38 bits per heavy atom. The minimum absolute atomic E-state index is 0.607. The molecule has 0 amide bonds. The molecule has 0 radical (unpaired) electrons. The molecule has 3 heteroatoms. The van der Waals surface area contributed by atoms with Crippen LogP contribution in [0.3, 0.4) is 0 Å². The summed E-state index contributed by atoms with van der Waals surface area (Å²) in [7, 11) is 0. The van der Waals surface area contributed by atoms with Gasteiger partial charge in [-0.15, -0.1) is 0 Å². The highest BCUT2D eigenvalue weighted by atomic mass is 19.3. The van der Waals surface area contributed by atoms with Crippen molar-refractivity contribution < 1.29 is 13.5 Å². The van der Waals surface area contributed by atoms with Crippen LogP contribution in [0.15, 0.2) is 36.6 Å². The van der Waals surface area contributed by atoms with Gasteiger partial charge in [0.1, 0.15) is 5.75 Å². The van der Waals surface area contributed by atoms with Crippen molar-refractivity contribution in [1.29, 1.82) is 0 Å². The molecular weight excluding hydrogens is 270 g/mol. The Labute approximate surface area is 126 Å². The highest BCUT2D eigenvalue weighted by Crippen LogP contribution is 2.37. The fraction of sp³-hybridized carbons (Fsp3) is 0.556. The maximum absolute atomic E-state index is 12.0. The Kier molecular flexibility index (Phi) is 6.21. The Morgan fingerprint density at radius 2 is 1.81 bits per heavy atom. The normalized spacial score (nSPS) is 22.9. The third-order valence-corrected chi connectivity index (χ3v) is 4.32. The largest absolute Gasteiger partial charge is 0.465 e. The molecule has 1 aliphatic carbocycles. The average Bonchev–Trinajstić information content (AvgIpc) is 2.49. The minimum Gasteiger partial charge on any atom is -0.465 e. The lowest BCUT2D eigenvalue weighted by Crippen LogP contribution is -2.13. The molecule has 0 heterocycles. The van der Waals surface area contributed by atoms with Crippen LogP contribution in [0.1, 0.15) is 56.9 Å². The average molecular weight is 294 g/mol. The van der Waals surface area contributed by atoms with E-state index in [1.807, 2.05) is 12.1 Å². The van der Waals surface area contributed by atoms with Gasteiger partial charge in [-0.05, 0) is 55.2 Å². The van der Waals surface area contributed by atoms with Crippen LogP contribution in [0, 0.1) is 5.92 Å². The van der Waals surface area contributed by atoms with E-state index in [0.717, 1.165) is 18.3 Å². The molecule has 1 fully saturated rings. The Bertz CT molecular complexity index is 431. The molecule has 0 N–H and O–H groups in total. The Balaban J connectivity index is 1.85. The number of rotatable bonds is 6. The molecule has 0 saturated heterocycles. The smallest absolute Gasteiger partial charge is 0.260 e. The van der Waals surface area contributed by atoms with Gasteiger partial charge < -0.3 is 4.74 Å². The number of hydrogen-bond acceptors (Lipinski definition) is 1. The van der Waals surface area contributed by atoms with Crippen molar-refractivity contribution in [3.05, 3.63) is 42.2 Å². The van der Waals surface area contributed by atoms with Gasteiger partial charge >= 0.3 is 0 Å². The first-order valence-electron chi connectivity index (χ1n) is 7.90. The van der Waals surface area contributed by atoms with E-state index in [1.165, 1.54) is 44.1 Å². The lowest BCUT2D eigenvalue weighted by Gasteiger charge is -2.28. The summed E-state index contributed by atoms with van der Waals surface area (Å²) < 4.78 is 29.1. The van der Waals surface area contributed by atoms with Crippen molar-refractivity contribution in [2.45, 2.75) is 57.8 Å². The summed E-state index contributed by atoms with van der Waals surface area (Å²) in [5.41, 5.74) is 1.34. The van der Waals surface area contributed by atoms with Crippen LogP contribution in [0.5, 0.6) is 5.75 Å². The predicted molar refractivity (Wildman–Crippen MR) is 81.8 cm³/mol. The lowest BCUT2D eigenvalue weighted by atomic mass is 9.77. The van der Waals surface area contributed by atoms with Crippen LogP contribution in [-0.4, -0.2) is 6.43 Å². The monoisotopic (exact) mass is 294 g/mol. The second-order valence-electron chi connectivity index (χ2n) is 5.86. The van der Waals surface area contributed by atoms with Gasteiger partial charge in [0.25, 0.3) is 6.43 Å². The summed E-state index contributed by atoms with van der Waals surface area (Å²) >= 11 is 0. The third-order valence-electron chi connectivity index (χ3n) is 4.32. The van der Waals surface area contributed by atoms with Gasteiger partial charge in [-0.1, -0.05) is 31.9 Å². The zero-order valence-corrected chi connectivity index (χ0v) is 12.6. The van der Waals surface area contributed by atoms with Crippen molar-refractivity contribution in [3.63, 3.8) is 0 Å². The molecule has 0 aromatic heterocycles. The zero-order valence-electron chi connectivity index (χ0n) is 12.6. The highest BCUT2D eigenvalue weighted by Gasteiger charge is 2.21. The highest BCUT2D eigenvalue weighted by molar-refractivity contribution is 5.30. The molecule has 0 unspecified atom stereocenters. The number of hydrogen-bond donors (Lipinski definition) is 0. The number of benzene rings is 1. The Hall–Kier alpha value is -1.38. The molecule has 1 saturated carbocycles. The first-order valence-corrected chi connectivity index (χ1v) is 7.90. The van der Waals surface area contributed by atoms with Crippen molar-refractivity contribution in [1.82, 2.24) is 0 Å². The molecule has 1 aromatic carbocycles. The second kappa shape index (κ2) is 8.16. The second-order valence-corrected chi connectivity index (χ2v) is 5.86. The van der Waals surface area contributed by atoms with E-state index in [-0.39, 0.29) is 0 Å². The van der Waals surface area contributed by atoms with Gasteiger partial charge in [0, 0.05) is 6.08 Å². The molecule has 1 nitrogen and oxygen atoms in total. The van der Waals surface area contributed by atoms with Crippen LogP contribution in [0.2, 0.25) is 0 Å². The summed E-state index contributed by atoms with van der Waals surface area (Å²) in [5.74, 6) is 2.16. The standard InChI is InChI=1S/C18H24F2O/c1-2-3-14-4-6-15(7-5-14)16-8-10-17(11-9-16)21-13-12-18(19)20/h8-15,18H,2-7H2,1H3. The molecule has 0 aliphatic heterocycles. The first-order chi connectivity index (χ1) is 10.2. The number of alkyl halides is 2. The van der Waals surface area contributed by atoms with Crippen LogP contribution in [0.4, 0.5) is 8.78 Å². The van der Waals surface area contributed by atoms with E-state index < -0.39 is 6.43 Å². The van der Waals surface area contributed by atoms with Gasteiger partial charge in [-0.3, -0.25) is 0 Å². The number of halogens is 2. The van der Waals surface area contributed by atoms with Crippen LogP contribution in [0.25, 0.3) is 0 Å². The fourth-order valence-corrected chi connectivity index (χ4v) is 3.19. The Morgan fingerprint density at radius 1 is 1.14 bits per heavy atom. The summed E-state index contributed by atoms with van der Waals surface area (Å²) in [6.07, 6.45) is 7.14. The number of ether oxygens (including phenoxy) is 1. The predicted octanol–water partition coefficient (Wildman–Crippen LogP) is 5.92. The van der Waals surface area contributed by atoms with Crippen molar-refractivity contribution in [3.8, 4) is 5.75 Å². The van der Waals surface area contributed by atoms with E-state index in [9.17, 15) is 8.78 Å². The SMILES string of the molecule is CCCC1CCC(c2ccc(OC=CC(F)F)cc2)CC1. The summed E-state index contributed by atoms with van der Waals surface area (Å²) in [6.45, 7) is 2.26. The topological polar surface area (TPSA) is 9.23 Å². The van der Waals surface area contributed by atoms with Crippen LogP contribution < -0.4 is 4.74 Å². The molecule has 0 atom stereocenters. The quantitative estimate of drug-likeness (QED) is 0.592. The lowest BCUT2D eigenvalue weighted by molar-refractivity contribution is 0.201. The van der Waals surface area contributed by atoms with E-state index in [0.29, 0.717) is 11.7 Å². The number of allylic oxidation sites excluding steroid dienone is 1. The fourth-order valence-electron chi connectivity index (χ4n) is 3.19. The molecular formula is C18H24F2O. The minimum atomic E-state index is -2.47. The van der Waals surface area contributed by atoms with Crippen molar-refractivity contribution >= 4 is 0 Å². The third kappa shape index (κ3) is 5.14. The van der Waals surface area contributed by atoms with Crippen molar-refractivity contribution in [2.75, 3.05) is 0 Å². The van der Waals surface area contributed by atoms with E-state index in [2.05, 4.69) is 19.1 Å². The van der Waals surface area contributed by atoms with Gasteiger partial charge in [0.05, 0.1) is 6.26 Å².